The van der Waals surface area contributed by atoms with Crippen LogP contribution in [-0.2, 0) is 9.59 Å². The summed E-state index contributed by atoms with van der Waals surface area (Å²) in [6.45, 7) is 1.96. The summed E-state index contributed by atoms with van der Waals surface area (Å²) < 4.78 is 0. The Hall–Kier alpha value is -3.40. The lowest BCUT2D eigenvalue weighted by Gasteiger charge is -2.51. The Morgan fingerprint density at radius 3 is 1.86 bits per heavy atom. The van der Waals surface area contributed by atoms with E-state index in [4.69, 9.17) is 0 Å². The minimum Gasteiger partial charge on any atom is -0.508 e. The maximum Gasteiger partial charge on any atom is 0.241 e. The van der Waals surface area contributed by atoms with Crippen LogP contribution in [0.15, 0.2) is 72.8 Å². The molecule has 0 unspecified atom stereocenters. The van der Waals surface area contributed by atoms with Crippen molar-refractivity contribution in [2.45, 2.75) is 18.8 Å². The van der Waals surface area contributed by atoms with E-state index in [2.05, 4.69) is 24.3 Å². The molecular weight excluding hydrogens is 362 g/mol. The van der Waals surface area contributed by atoms with Gasteiger partial charge in [-0.1, -0.05) is 48.5 Å². The Morgan fingerprint density at radius 2 is 1.31 bits per heavy atom. The molecule has 3 aromatic carbocycles. The van der Waals surface area contributed by atoms with Crippen molar-refractivity contribution in [1.29, 1.82) is 0 Å². The largest absolute Gasteiger partial charge is 0.508 e. The lowest BCUT2D eigenvalue weighted by atomic mass is 9.48. The maximum absolute atomic E-state index is 13.8. The lowest BCUT2D eigenvalue weighted by Crippen LogP contribution is -2.49. The van der Waals surface area contributed by atoms with E-state index < -0.39 is 11.3 Å². The molecule has 3 aromatic rings. The van der Waals surface area contributed by atoms with Crippen molar-refractivity contribution in [2.75, 3.05) is 4.90 Å². The highest BCUT2D eigenvalue weighted by atomic mass is 16.3. The number of benzene rings is 3. The number of phenolic OH excluding ortho intramolecular Hbond substituents is 1. The minimum absolute atomic E-state index is 0.108. The molecule has 0 spiro atoms. The molecule has 2 atom stereocenters. The van der Waals surface area contributed by atoms with Gasteiger partial charge in [0.2, 0.25) is 11.8 Å². The SMILES string of the molecule is C[C@@]12C(=O)N(c3ccc(O)cc3)C(=O)[C@H]1C1c3ccccc3C2c2ccccc21. The van der Waals surface area contributed by atoms with E-state index in [1.807, 2.05) is 31.2 Å². The number of anilines is 1. The van der Waals surface area contributed by atoms with E-state index in [9.17, 15) is 14.7 Å². The number of aromatic hydroxyl groups is 1. The molecule has 3 aliphatic carbocycles. The van der Waals surface area contributed by atoms with Crippen molar-refractivity contribution in [1.82, 2.24) is 0 Å². The quantitative estimate of drug-likeness (QED) is 0.644. The first-order chi connectivity index (χ1) is 14.0. The molecule has 1 saturated heterocycles. The fourth-order valence-electron chi connectivity index (χ4n) is 5.96. The normalized spacial score (nSPS) is 28.9. The molecule has 1 heterocycles. The number of phenols is 1. The van der Waals surface area contributed by atoms with Crippen LogP contribution in [0, 0.1) is 11.3 Å². The molecule has 4 nitrogen and oxygen atoms in total. The number of amides is 2. The molecule has 4 aliphatic rings. The highest BCUT2D eigenvalue weighted by molar-refractivity contribution is 6.25. The number of hydrogen-bond acceptors (Lipinski definition) is 3. The van der Waals surface area contributed by atoms with E-state index >= 15 is 0 Å². The highest BCUT2D eigenvalue weighted by Gasteiger charge is 2.68. The number of imide groups is 1. The second-order valence-corrected chi connectivity index (χ2v) is 8.42. The molecule has 0 aromatic heterocycles. The van der Waals surface area contributed by atoms with Gasteiger partial charge in [0, 0.05) is 11.8 Å². The van der Waals surface area contributed by atoms with Crippen molar-refractivity contribution in [3.8, 4) is 5.75 Å². The smallest absolute Gasteiger partial charge is 0.241 e. The molecule has 1 aliphatic heterocycles. The van der Waals surface area contributed by atoms with E-state index in [-0.39, 0.29) is 29.4 Å². The molecule has 4 heteroatoms. The van der Waals surface area contributed by atoms with Gasteiger partial charge < -0.3 is 5.11 Å². The number of hydrogen-bond donors (Lipinski definition) is 1. The average Bonchev–Trinajstić information content (AvgIpc) is 2.95. The van der Waals surface area contributed by atoms with Gasteiger partial charge in [-0.15, -0.1) is 0 Å². The van der Waals surface area contributed by atoms with Crippen LogP contribution < -0.4 is 4.90 Å². The number of rotatable bonds is 1. The first-order valence-electron chi connectivity index (χ1n) is 9.88. The van der Waals surface area contributed by atoms with Gasteiger partial charge in [-0.2, -0.15) is 0 Å². The molecule has 0 saturated carbocycles. The highest BCUT2D eigenvalue weighted by Crippen LogP contribution is 2.67. The molecule has 0 radical (unpaired) electrons. The Balaban J connectivity index is 1.61. The Kier molecular flexibility index (Phi) is 3.05. The first kappa shape index (κ1) is 16.5. The summed E-state index contributed by atoms with van der Waals surface area (Å²) in [7, 11) is 0. The lowest BCUT2D eigenvalue weighted by molar-refractivity contribution is -0.128. The van der Waals surface area contributed by atoms with Crippen molar-refractivity contribution < 1.29 is 14.7 Å². The second kappa shape index (κ2) is 5.35. The van der Waals surface area contributed by atoms with Gasteiger partial charge in [0.1, 0.15) is 5.75 Å². The molecule has 1 fully saturated rings. The van der Waals surface area contributed by atoms with Crippen molar-refractivity contribution in [3.05, 3.63) is 95.1 Å². The first-order valence-corrected chi connectivity index (χ1v) is 9.88. The molecule has 1 N–H and O–H groups in total. The molecule has 29 heavy (non-hydrogen) atoms. The van der Waals surface area contributed by atoms with Gasteiger partial charge in [-0.3, -0.25) is 9.59 Å². The topological polar surface area (TPSA) is 57.6 Å². The molecule has 2 amide bonds. The zero-order chi connectivity index (χ0) is 19.9. The molecule has 2 bridgehead atoms. The number of carbonyl (C=O) groups excluding carboxylic acids is 2. The molecular formula is C25H19NO3. The van der Waals surface area contributed by atoms with Crippen LogP contribution in [-0.4, -0.2) is 16.9 Å². The number of carbonyl (C=O) groups is 2. The van der Waals surface area contributed by atoms with Crippen molar-refractivity contribution in [2.24, 2.45) is 11.3 Å². The van der Waals surface area contributed by atoms with Gasteiger partial charge in [-0.25, -0.2) is 4.90 Å². The van der Waals surface area contributed by atoms with Gasteiger partial charge in [0.15, 0.2) is 0 Å². The summed E-state index contributed by atoms with van der Waals surface area (Å²) in [4.78, 5) is 28.8. The summed E-state index contributed by atoms with van der Waals surface area (Å²) >= 11 is 0. The molecule has 142 valence electrons. The zero-order valence-electron chi connectivity index (χ0n) is 15.9. The van der Waals surface area contributed by atoms with E-state index in [1.54, 1.807) is 12.1 Å². The monoisotopic (exact) mass is 381 g/mol. The second-order valence-electron chi connectivity index (χ2n) is 8.42. The van der Waals surface area contributed by atoms with E-state index in [1.165, 1.54) is 17.0 Å². The summed E-state index contributed by atoms with van der Waals surface area (Å²) in [5, 5.41) is 9.63. The van der Waals surface area contributed by atoms with Crippen LogP contribution >= 0.6 is 0 Å². The molecule has 7 rings (SSSR count). The van der Waals surface area contributed by atoms with Crippen LogP contribution in [0.4, 0.5) is 5.69 Å². The summed E-state index contributed by atoms with van der Waals surface area (Å²) in [5.74, 6) is -0.909. The van der Waals surface area contributed by atoms with Crippen molar-refractivity contribution in [3.63, 3.8) is 0 Å². The summed E-state index contributed by atoms with van der Waals surface area (Å²) in [6, 6.07) is 22.7. The van der Waals surface area contributed by atoms with Crippen LogP contribution in [0.3, 0.4) is 0 Å². The van der Waals surface area contributed by atoms with Gasteiger partial charge in [0.05, 0.1) is 17.0 Å². The summed E-state index contributed by atoms with van der Waals surface area (Å²) in [5.41, 5.74) is 4.32. The standard InChI is InChI=1S/C25H19NO3/c1-25-21-18-8-4-2-6-16(18)20(17-7-3-5-9-19(17)21)22(25)23(28)26(24(25)29)14-10-12-15(27)13-11-14/h2-13,20-22,27H,1H3/t20?,21?,22-,25+/m1/s1. The third kappa shape index (κ3) is 1.84. The third-order valence-corrected chi connectivity index (χ3v) is 7.12. The van der Waals surface area contributed by atoms with Gasteiger partial charge >= 0.3 is 0 Å². The Morgan fingerprint density at radius 1 is 0.793 bits per heavy atom. The number of nitrogens with zero attached hydrogens (tertiary/aromatic N) is 1. The fourth-order valence-corrected chi connectivity index (χ4v) is 5.96. The average molecular weight is 381 g/mol. The van der Waals surface area contributed by atoms with Crippen LogP contribution in [0.2, 0.25) is 0 Å². The van der Waals surface area contributed by atoms with E-state index in [0.29, 0.717) is 5.69 Å². The predicted octanol–water partition coefficient (Wildman–Crippen LogP) is 4.18. The van der Waals surface area contributed by atoms with Crippen molar-refractivity contribution >= 4 is 17.5 Å². The zero-order valence-corrected chi connectivity index (χ0v) is 15.9. The maximum atomic E-state index is 13.8. The fraction of sp³-hybridized carbons (Fsp3) is 0.200. The third-order valence-electron chi connectivity index (χ3n) is 7.12. The van der Waals surface area contributed by atoms with E-state index in [0.717, 1.165) is 22.3 Å². The van der Waals surface area contributed by atoms with Crippen LogP contribution in [0.5, 0.6) is 5.75 Å². The van der Waals surface area contributed by atoms with Crippen LogP contribution in [0.25, 0.3) is 0 Å². The Bertz CT molecular complexity index is 1150. The van der Waals surface area contributed by atoms with Crippen LogP contribution in [0.1, 0.15) is 41.0 Å². The Labute approximate surface area is 168 Å². The van der Waals surface area contributed by atoms with Gasteiger partial charge in [0.25, 0.3) is 0 Å². The van der Waals surface area contributed by atoms with Gasteiger partial charge in [-0.05, 0) is 53.4 Å². The minimum atomic E-state index is -0.831. The predicted molar refractivity (Wildman–Crippen MR) is 109 cm³/mol. The summed E-state index contributed by atoms with van der Waals surface area (Å²) in [6.07, 6.45) is 0.